The first-order chi connectivity index (χ1) is 12.5. The van der Waals surface area contributed by atoms with Gasteiger partial charge in [0.05, 0.1) is 0 Å². The number of carbonyl (C=O) groups is 2. The van der Waals surface area contributed by atoms with Crippen LogP contribution in [0.15, 0.2) is 0 Å². The average molecular weight is 593 g/mol. The molecule has 0 saturated carbocycles. The Morgan fingerprint density at radius 2 is 1.37 bits per heavy atom. The molecule has 1 N–H and O–H groups in total. The second-order valence-corrected chi connectivity index (χ2v) is 10.8. The summed E-state index contributed by atoms with van der Waals surface area (Å²) in [6, 6.07) is 0. The van der Waals surface area contributed by atoms with Crippen molar-refractivity contribution in [2.24, 2.45) is 0 Å². The van der Waals surface area contributed by atoms with E-state index in [-0.39, 0.29) is 47.7 Å². The van der Waals surface area contributed by atoms with Gasteiger partial charge in [-0.1, -0.05) is 77.0 Å². The number of halogens is 4. The number of carbonyl (C=O) groups excluding carboxylic acids is 1. The van der Waals surface area contributed by atoms with Crippen molar-refractivity contribution in [3.05, 3.63) is 0 Å². The Labute approximate surface area is 245 Å². The van der Waals surface area contributed by atoms with E-state index in [9.17, 15) is 9.59 Å². The Morgan fingerprint density at radius 1 is 1.10 bits per heavy atom. The monoisotopic (exact) mass is 590 g/mol. The molecule has 0 aromatic rings. The number of nitrogens with zero attached hydrogens (tertiary/aromatic N) is 2. The molecule has 0 radical (unpaired) electrons. The summed E-state index contributed by atoms with van der Waals surface area (Å²) in [6.45, 7) is 6.97. The number of thioether (sulfide) groups is 1. The summed E-state index contributed by atoms with van der Waals surface area (Å²) in [7, 11) is 7.28. The number of hydrogen-bond acceptors (Lipinski definition) is 6. The van der Waals surface area contributed by atoms with Crippen molar-refractivity contribution in [3.63, 3.8) is 0 Å². The van der Waals surface area contributed by atoms with Crippen molar-refractivity contribution >= 4 is 116 Å². The molecule has 1 atom stereocenters. The molecule has 14 heteroatoms. The Kier molecular flexibility index (Phi) is 40.5. The second kappa shape index (κ2) is 26.9. The van der Waals surface area contributed by atoms with Crippen LogP contribution in [0.2, 0.25) is 0 Å². The van der Waals surface area contributed by atoms with Gasteiger partial charge < -0.3 is 44.5 Å². The molecule has 0 fully saturated rings. The fourth-order valence-corrected chi connectivity index (χ4v) is 1.90. The van der Waals surface area contributed by atoms with Crippen LogP contribution in [-0.2, 0) is 22.2 Å². The maximum absolute atomic E-state index is 10.9. The molecular weight excluding hydrogens is 561 g/mol. The Hall–Kier alpha value is 1.65. The van der Waals surface area contributed by atoms with Crippen molar-refractivity contribution in [1.29, 1.82) is 0 Å². The van der Waals surface area contributed by atoms with Gasteiger partial charge in [0.2, 0.25) is 0 Å². The molecule has 0 aliphatic heterocycles. The molecule has 0 saturated heterocycles. The summed E-state index contributed by atoms with van der Waals surface area (Å²) in [5.41, 5.74) is 0. The molecule has 0 rings (SSSR count). The van der Waals surface area contributed by atoms with Crippen molar-refractivity contribution in [1.82, 2.24) is 9.80 Å². The summed E-state index contributed by atoms with van der Waals surface area (Å²) in [6.07, 6.45) is 1.22. The predicted molar refractivity (Wildman–Crippen MR) is 143 cm³/mol. The molecule has 0 aromatic heterocycles. The van der Waals surface area contributed by atoms with Gasteiger partial charge in [-0.15, -0.1) is 12.4 Å². The molecule has 0 heterocycles. The third kappa shape index (κ3) is 37.0. The van der Waals surface area contributed by atoms with E-state index in [0.717, 1.165) is 0 Å². The van der Waals surface area contributed by atoms with E-state index in [4.69, 9.17) is 52.1 Å². The number of ketones is 1. The molecular formula is C16H31Cl4N2NaO3S4. The Bertz CT molecular complexity index is 489. The number of alkyl halides is 3. The molecule has 0 bridgehead atoms. The molecule has 0 amide bonds. The smallest absolute Gasteiger partial charge is 0.480 e. The SMILES string of the molecule is CCC(C)(SC(=S)N(C)C)C(=O)O.CCC(C)=O.CN(C)C(=S)[S-].Cl.ClC(Cl)Cl.[Na+]. The zero-order valence-electron chi connectivity index (χ0n) is 18.8. The van der Waals surface area contributed by atoms with Gasteiger partial charge in [0.25, 0.3) is 0 Å². The zero-order chi connectivity index (χ0) is 23.7. The fraction of sp³-hybridized carbons (Fsp3) is 0.750. The number of carboxylic acid groups (broad SMARTS) is 1. The van der Waals surface area contributed by atoms with Gasteiger partial charge in [0, 0.05) is 34.6 Å². The summed E-state index contributed by atoms with van der Waals surface area (Å²) in [5, 5.41) is 8.96. The van der Waals surface area contributed by atoms with Gasteiger partial charge in [-0.3, -0.25) is 4.79 Å². The normalized spacial score (nSPS) is 10.4. The predicted octanol–water partition coefficient (Wildman–Crippen LogP) is 2.60. The van der Waals surface area contributed by atoms with Crippen LogP contribution in [0.5, 0.6) is 0 Å². The minimum absolute atomic E-state index is 0. The van der Waals surface area contributed by atoms with Crippen molar-refractivity contribution in [2.45, 2.75) is 49.6 Å². The standard InChI is InChI=1S/C8H15NO2S2.C4H8O.C3H7NS2.CHCl3.ClH.Na/c1-5-8(2,6(10)11)13-7(12)9(3)4;1-3-4(2)5;1-4(2)3(5)6;2-1(3)4;;/h5H2,1-4H3,(H,10,11);3H2,1-2H3;1-2H3,(H,5,6);1H;1H;/q;;;;;+1/p-1. The van der Waals surface area contributed by atoms with Crippen LogP contribution in [0.4, 0.5) is 0 Å². The number of rotatable bonds is 4. The summed E-state index contributed by atoms with van der Waals surface area (Å²) < 4.78 is -0.441. The summed E-state index contributed by atoms with van der Waals surface area (Å²) in [5.74, 6) is -0.561. The van der Waals surface area contributed by atoms with Crippen LogP contribution in [0.1, 0.15) is 40.5 Å². The van der Waals surface area contributed by atoms with Gasteiger partial charge in [-0.25, -0.2) is 0 Å². The third-order valence-corrected chi connectivity index (χ3v) is 5.47. The van der Waals surface area contributed by atoms with Crippen LogP contribution in [0, 0.1) is 0 Å². The van der Waals surface area contributed by atoms with E-state index in [1.165, 1.54) is 11.8 Å². The Balaban J connectivity index is -0.0000000714. The summed E-state index contributed by atoms with van der Waals surface area (Å²) in [4.78, 5) is 24.2. The maximum Gasteiger partial charge on any atom is 1.00 e. The number of aliphatic carboxylic acids is 1. The van der Waals surface area contributed by atoms with Crippen LogP contribution in [0.25, 0.3) is 0 Å². The van der Waals surface area contributed by atoms with E-state index >= 15 is 0 Å². The van der Waals surface area contributed by atoms with Crippen molar-refractivity contribution in [3.8, 4) is 0 Å². The molecule has 0 aliphatic rings. The van der Waals surface area contributed by atoms with E-state index in [1.54, 1.807) is 23.6 Å². The number of thiocarbonyl (C=S) groups is 2. The quantitative estimate of drug-likeness (QED) is 0.230. The topological polar surface area (TPSA) is 60.9 Å². The van der Waals surface area contributed by atoms with Gasteiger partial charge in [0.15, 0.2) is 4.30 Å². The minimum atomic E-state index is -0.816. The molecule has 0 aromatic carbocycles. The number of hydrogen-bond donors (Lipinski definition) is 1. The van der Waals surface area contributed by atoms with Crippen LogP contribution >= 0.6 is 83.4 Å². The molecule has 0 aliphatic carbocycles. The van der Waals surface area contributed by atoms with Crippen LogP contribution in [-0.4, -0.2) is 72.5 Å². The van der Waals surface area contributed by atoms with Gasteiger partial charge in [-0.05, 0) is 20.3 Å². The average Bonchev–Trinajstić information content (AvgIpc) is 2.54. The van der Waals surface area contributed by atoms with Crippen molar-refractivity contribution < 1.29 is 44.3 Å². The molecule has 1 unspecified atom stereocenters. The van der Waals surface area contributed by atoms with E-state index < -0.39 is 15.0 Å². The van der Waals surface area contributed by atoms with Gasteiger partial charge in [0.1, 0.15) is 14.9 Å². The summed E-state index contributed by atoms with van der Waals surface area (Å²) >= 11 is 29.8. The molecule has 176 valence electrons. The van der Waals surface area contributed by atoms with Crippen LogP contribution < -0.4 is 29.6 Å². The first-order valence-corrected chi connectivity index (χ1v) is 11.3. The molecule has 30 heavy (non-hydrogen) atoms. The fourth-order valence-electron chi connectivity index (χ4n) is 0.551. The largest absolute Gasteiger partial charge is 1.00 e. The molecule has 5 nitrogen and oxygen atoms in total. The number of Topliss-reactive ketones (excluding diaryl/α,β-unsaturated/α-hetero) is 1. The second-order valence-electron chi connectivity index (χ2n) is 5.62. The van der Waals surface area contributed by atoms with Crippen LogP contribution in [0.3, 0.4) is 0 Å². The molecule has 0 spiro atoms. The van der Waals surface area contributed by atoms with Gasteiger partial charge in [-0.2, -0.15) is 0 Å². The minimum Gasteiger partial charge on any atom is -0.480 e. The van der Waals surface area contributed by atoms with E-state index in [2.05, 4.69) is 24.8 Å². The first-order valence-electron chi connectivity index (χ1n) is 7.91. The third-order valence-electron chi connectivity index (χ3n) is 2.67. The number of carboxylic acids is 1. The van der Waals surface area contributed by atoms with Crippen molar-refractivity contribution in [2.75, 3.05) is 28.2 Å². The first kappa shape index (κ1) is 45.2. The van der Waals surface area contributed by atoms with E-state index in [1.807, 2.05) is 42.0 Å². The maximum atomic E-state index is 10.9. The Morgan fingerprint density at radius 3 is 1.47 bits per heavy atom. The van der Waals surface area contributed by atoms with Gasteiger partial charge >= 0.3 is 35.5 Å². The zero-order valence-corrected chi connectivity index (χ0v) is 27.2. The van der Waals surface area contributed by atoms with E-state index in [0.29, 0.717) is 21.5 Å².